The monoisotopic (exact) mass is 477 g/mol. The van der Waals surface area contributed by atoms with Crippen molar-refractivity contribution in [3.8, 4) is 0 Å². The van der Waals surface area contributed by atoms with Gasteiger partial charge in [0.05, 0.1) is 29.0 Å². The smallest absolute Gasteiger partial charge is 0.263 e. The van der Waals surface area contributed by atoms with E-state index in [-0.39, 0.29) is 5.91 Å². The predicted molar refractivity (Wildman–Crippen MR) is 119 cm³/mol. The minimum Gasteiger partial charge on any atom is -0.466 e. The van der Waals surface area contributed by atoms with Crippen molar-refractivity contribution in [1.82, 2.24) is 9.88 Å². The number of hydrogen-bond acceptors (Lipinski definition) is 6. The molecule has 0 saturated carbocycles. The summed E-state index contributed by atoms with van der Waals surface area (Å²) in [5.74, 6) is 1.33. The number of thiazole rings is 1. The summed E-state index contributed by atoms with van der Waals surface area (Å²) in [5.41, 5.74) is 1.51. The molecule has 3 aromatic rings. The van der Waals surface area contributed by atoms with Crippen LogP contribution in [0.15, 0.2) is 33.2 Å². The van der Waals surface area contributed by atoms with Crippen LogP contribution in [0.5, 0.6) is 0 Å². The number of aryl methyl sites for hydroxylation is 2. The third-order valence-corrected chi connectivity index (χ3v) is 6.58. The molecule has 0 unspecified atom stereocenters. The Bertz CT molecular complexity index is 1010. The summed E-state index contributed by atoms with van der Waals surface area (Å²) in [6, 6.07) is 7.81. The number of aromatic nitrogens is 1. The Morgan fingerprint density at radius 1 is 1.28 bits per heavy atom. The fraction of sp³-hybridized carbons (Fsp3) is 0.429. The summed E-state index contributed by atoms with van der Waals surface area (Å²) in [6.45, 7) is 8.70. The van der Waals surface area contributed by atoms with Crippen molar-refractivity contribution in [1.29, 1.82) is 0 Å². The van der Waals surface area contributed by atoms with Crippen LogP contribution in [0.4, 0.5) is 5.13 Å². The maximum absolute atomic E-state index is 13.4. The number of nitrogens with zero attached hydrogens (tertiary/aromatic N) is 3. The molecule has 1 aliphatic rings. The van der Waals surface area contributed by atoms with Gasteiger partial charge in [-0.05, 0) is 44.5 Å². The molecule has 0 aliphatic carbocycles. The van der Waals surface area contributed by atoms with Crippen LogP contribution in [0, 0.1) is 13.8 Å². The van der Waals surface area contributed by atoms with Crippen LogP contribution in [0.2, 0.25) is 0 Å². The van der Waals surface area contributed by atoms with Gasteiger partial charge in [-0.25, -0.2) is 4.98 Å². The molecule has 1 aromatic carbocycles. The Kier molecular flexibility index (Phi) is 6.34. The first-order valence-electron chi connectivity index (χ1n) is 9.76. The van der Waals surface area contributed by atoms with Crippen LogP contribution >= 0.6 is 27.3 Å². The van der Waals surface area contributed by atoms with Gasteiger partial charge in [0.15, 0.2) is 5.13 Å². The second kappa shape index (κ2) is 8.95. The molecular formula is C21H24BrN3O3S. The molecular weight excluding hydrogens is 454 g/mol. The normalized spacial score (nSPS) is 15.1. The molecule has 0 N–H and O–H groups in total. The predicted octanol–water partition coefficient (Wildman–Crippen LogP) is 4.64. The van der Waals surface area contributed by atoms with Crippen LogP contribution < -0.4 is 4.90 Å². The summed E-state index contributed by atoms with van der Waals surface area (Å²) < 4.78 is 13.1. The van der Waals surface area contributed by atoms with Gasteiger partial charge in [-0.3, -0.25) is 14.6 Å². The largest absolute Gasteiger partial charge is 0.466 e. The summed E-state index contributed by atoms with van der Waals surface area (Å²) in [6.07, 6.45) is 0.876. The second-order valence-corrected chi connectivity index (χ2v) is 9.12. The van der Waals surface area contributed by atoms with Crippen molar-refractivity contribution in [2.24, 2.45) is 0 Å². The number of amides is 1. The standard InChI is InChI=1S/C21H24BrN3O3S/c1-14-12-17(15(2)28-14)20(26)25(7-3-6-24-8-10-27-11-9-24)21-23-18-5-4-16(22)13-19(18)29-21/h4-5,12-13H,3,6-11H2,1-2H3. The third-order valence-electron chi connectivity index (χ3n) is 5.05. The Morgan fingerprint density at radius 3 is 2.79 bits per heavy atom. The zero-order chi connectivity index (χ0) is 20.4. The zero-order valence-electron chi connectivity index (χ0n) is 16.6. The van der Waals surface area contributed by atoms with Crippen LogP contribution in [0.1, 0.15) is 28.3 Å². The lowest BCUT2D eigenvalue weighted by molar-refractivity contribution is 0.0376. The lowest BCUT2D eigenvalue weighted by Gasteiger charge is -2.27. The number of furan rings is 1. The first-order chi connectivity index (χ1) is 14.0. The van der Waals surface area contributed by atoms with E-state index in [0.717, 1.165) is 64.9 Å². The molecule has 4 rings (SSSR count). The SMILES string of the molecule is Cc1cc(C(=O)N(CCCN2CCOCC2)c2nc3ccc(Br)cc3s2)c(C)o1. The lowest BCUT2D eigenvalue weighted by atomic mass is 10.2. The molecule has 0 spiro atoms. The molecule has 0 bridgehead atoms. The zero-order valence-corrected chi connectivity index (χ0v) is 19.0. The number of fused-ring (bicyclic) bond motifs is 1. The number of ether oxygens (including phenoxy) is 1. The van der Waals surface area contributed by atoms with E-state index >= 15 is 0 Å². The van der Waals surface area contributed by atoms with E-state index in [1.165, 1.54) is 0 Å². The molecule has 1 saturated heterocycles. The van der Waals surface area contributed by atoms with E-state index in [9.17, 15) is 4.79 Å². The van der Waals surface area contributed by atoms with E-state index in [0.29, 0.717) is 17.9 Å². The van der Waals surface area contributed by atoms with Gasteiger partial charge in [-0.1, -0.05) is 27.3 Å². The summed E-state index contributed by atoms with van der Waals surface area (Å²) in [5, 5.41) is 0.725. The first-order valence-corrected chi connectivity index (χ1v) is 11.4. The average molecular weight is 478 g/mol. The molecule has 6 nitrogen and oxygen atoms in total. The summed E-state index contributed by atoms with van der Waals surface area (Å²) >= 11 is 5.05. The van der Waals surface area contributed by atoms with Gasteiger partial charge in [-0.15, -0.1) is 0 Å². The minimum absolute atomic E-state index is 0.0561. The number of carbonyl (C=O) groups excluding carboxylic acids is 1. The first kappa shape index (κ1) is 20.5. The van der Waals surface area contributed by atoms with Crippen molar-refractivity contribution in [2.75, 3.05) is 44.3 Å². The highest BCUT2D eigenvalue weighted by molar-refractivity contribution is 9.10. The lowest BCUT2D eigenvalue weighted by Crippen LogP contribution is -2.39. The maximum atomic E-state index is 13.4. The van der Waals surface area contributed by atoms with E-state index in [1.54, 1.807) is 16.2 Å². The van der Waals surface area contributed by atoms with Gasteiger partial charge >= 0.3 is 0 Å². The number of hydrogen-bond donors (Lipinski definition) is 0. The van der Waals surface area contributed by atoms with Crippen molar-refractivity contribution < 1.29 is 13.9 Å². The van der Waals surface area contributed by atoms with Crippen LogP contribution in [0.25, 0.3) is 10.2 Å². The second-order valence-electron chi connectivity index (χ2n) is 7.20. The summed E-state index contributed by atoms with van der Waals surface area (Å²) in [4.78, 5) is 22.3. The van der Waals surface area contributed by atoms with Crippen molar-refractivity contribution in [3.05, 3.63) is 45.8 Å². The van der Waals surface area contributed by atoms with Gasteiger partial charge in [0.1, 0.15) is 11.5 Å². The van der Waals surface area contributed by atoms with E-state index < -0.39 is 0 Å². The Balaban J connectivity index is 1.58. The average Bonchev–Trinajstić information content (AvgIpc) is 3.27. The van der Waals surface area contributed by atoms with Crippen molar-refractivity contribution in [2.45, 2.75) is 20.3 Å². The maximum Gasteiger partial charge on any atom is 0.263 e. The van der Waals surface area contributed by atoms with Gasteiger partial charge in [0.2, 0.25) is 0 Å². The highest BCUT2D eigenvalue weighted by Crippen LogP contribution is 2.32. The number of benzene rings is 1. The molecule has 0 atom stereocenters. The molecule has 1 aliphatic heterocycles. The van der Waals surface area contributed by atoms with Crippen LogP contribution in [-0.2, 0) is 4.74 Å². The molecule has 8 heteroatoms. The molecule has 0 radical (unpaired) electrons. The number of anilines is 1. The fourth-order valence-corrected chi connectivity index (χ4v) is 5.09. The Hall–Kier alpha value is -1.74. The Labute approximate surface area is 182 Å². The molecule has 2 aromatic heterocycles. The highest BCUT2D eigenvalue weighted by atomic mass is 79.9. The molecule has 3 heterocycles. The number of carbonyl (C=O) groups is 1. The third kappa shape index (κ3) is 4.71. The van der Waals surface area contributed by atoms with E-state index in [2.05, 4.69) is 20.8 Å². The molecule has 1 amide bonds. The van der Waals surface area contributed by atoms with Gasteiger partial charge in [0.25, 0.3) is 5.91 Å². The molecule has 154 valence electrons. The summed E-state index contributed by atoms with van der Waals surface area (Å²) in [7, 11) is 0. The highest BCUT2D eigenvalue weighted by Gasteiger charge is 2.25. The quantitative estimate of drug-likeness (QED) is 0.517. The van der Waals surface area contributed by atoms with E-state index in [4.69, 9.17) is 14.1 Å². The number of morpholine rings is 1. The van der Waals surface area contributed by atoms with Crippen molar-refractivity contribution in [3.63, 3.8) is 0 Å². The molecule has 29 heavy (non-hydrogen) atoms. The molecule has 1 fully saturated rings. The van der Waals surface area contributed by atoms with Gasteiger partial charge in [-0.2, -0.15) is 0 Å². The fourth-order valence-electron chi connectivity index (χ4n) is 3.55. The number of halogens is 1. The van der Waals surface area contributed by atoms with Crippen LogP contribution in [-0.4, -0.2) is 55.2 Å². The number of rotatable bonds is 6. The van der Waals surface area contributed by atoms with Crippen molar-refractivity contribution >= 4 is 48.5 Å². The topological polar surface area (TPSA) is 58.8 Å². The van der Waals surface area contributed by atoms with E-state index in [1.807, 2.05) is 38.1 Å². The van der Waals surface area contributed by atoms with Gasteiger partial charge < -0.3 is 9.15 Å². The Morgan fingerprint density at radius 2 is 2.07 bits per heavy atom. The van der Waals surface area contributed by atoms with Gasteiger partial charge in [0, 0.05) is 30.7 Å². The minimum atomic E-state index is -0.0561. The van der Waals surface area contributed by atoms with Crippen LogP contribution in [0.3, 0.4) is 0 Å².